The number of para-hydroxylation sites is 1. The van der Waals surface area contributed by atoms with E-state index in [9.17, 15) is 4.79 Å². The van der Waals surface area contributed by atoms with Gasteiger partial charge in [-0.25, -0.2) is 0 Å². The van der Waals surface area contributed by atoms with Crippen LogP contribution in [-0.4, -0.2) is 64.5 Å². The van der Waals surface area contributed by atoms with Gasteiger partial charge in [-0.05, 0) is 37.3 Å². The van der Waals surface area contributed by atoms with Gasteiger partial charge in [-0.3, -0.25) is 9.79 Å². The van der Waals surface area contributed by atoms with E-state index in [1.165, 1.54) is 5.56 Å². The van der Waals surface area contributed by atoms with Gasteiger partial charge in [0.1, 0.15) is 0 Å². The van der Waals surface area contributed by atoms with E-state index in [0.717, 1.165) is 51.1 Å². The van der Waals surface area contributed by atoms with Crippen LogP contribution in [0.2, 0.25) is 0 Å². The van der Waals surface area contributed by atoms with Crippen LogP contribution >= 0.6 is 0 Å². The summed E-state index contributed by atoms with van der Waals surface area (Å²) in [6.07, 6.45) is 4.14. The minimum absolute atomic E-state index is 0.0645. The molecule has 0 radical (unpaired) electrons. The fraction of sp³-hybridized carbons (Fsp3) is 0.600. The molecule has 1 unspecified atom stereocenters. The van der Waals surface area contributed by atoms with Crippen LogP contribution in [-0.2, 0) is 20.7 Å². The summed E-state index contributed by atoms with van der Waals surface area (Å²) in [5, 5.41) is 6.35. The average molecular weight is 374 g/mol. The Balaban J connectivity index is 1.37. The fourth-order valence-corrected chi connectivity index (χ4v) is 3.44. The van der Waals surface area contributed by atoms with Gasteiger partial charge >= 0.3 is 0 Å². The van der Waals surface area contributed by atoms with Crippen molar-refractivity contribution in [3.8, 4) is 0 Å². The zero-order valence-corrected chi connectivity index (χ0v) is 16.1. The van der Waals surface area contributed by atoms with Gasteiger partial charge in [0.15, 0.2) is 5.96 Å². The Bertz CT molecular complexity index is 644. The standard InChI is InChI=1S/C20H30N4O3/c1-21-20(22-10-5-12-27-17-9-13-26-15-17)23-14-19(25)24-11-4-7-16-6-2-3-8-18(16)24/h2-3,6,8,17H,4-5,7,9-15H2,1H3,(H2,21,22,23). The molecule has 2 aliphatic heterocycles. The number of amides is 1. The largest absolute Gasteiger partial charge is 0.379 e. The Labute approximate surface area is 161 Å². The first-order valence-corrected chi connectivity index (χ1v) is 9.80. The molecular formula is C20H30N4O3. The molecule has 1 aromatic rings. The van der Waals surface area contributed by atoms with Crippen molar-refractivity contribution in [2.24, 2.45) is 4.99 Å². The van der Waals surface area contributed by atoms with Crippen molar-refractivity contribution in [1.29, 1.82) is 0 Å². The fourth-order valence-electron chi connectivity index (χ4n) is 3.44. The molecule has 2 heterocycles. The van der Waals surface area contributed by atoms with E-state index >= 15 is 0 Å². The van der Waals surface area contributed by atoms with Gasteiger partial charge in [0.05, 0.1) is 19.3 Å². The lowest BCUT2D eigenvalue weighted by atomic mass is 10.0. The highest BCUT2D eigenvalue weighted by Crippen LogP contribution is 2.26. The molecule has 1 saturated heterocycles. The quantitative estimate of drug-likeness (QED) is 0.428. The molecule has 0 aromatic heterocycles. The number of ether oxygens (including phenoxy) is 2. The van der Waals surface area contributed by atoms with Crippen LogP contribution in [0.1, 0.15) is 24.8 Å². The Kier molecular flexibility index (Phi) is 7.47. The van der Waals surface area contributed by atoms with Crippen LogP contribution < -0.4 is 15.5 Å². The summed E-state index contributed by atoms with van der Waals surface area (Å²) in [6.45, 7) is 3.94. The molecule has 3 rings (SSSR count). The maximum atomic E-state index is 12.7. The third-order valence-electron chi connectivity index (χ3n) is 4.90. The van der Waals surface area contributed by atoms with Gasteiger partial charge in [-0.1, -0.05) is 18.2 Å². The SMILES string of the molecule is CN=C(NCCCOC1CCOC1)NCC(=O)N1CCCc2ccccc21. The summed E-state index contributed by atoms with van der Waals surface area (Å²) >= 11 is 0. The molecule has 148 valence electrons. The average Bonchev–Trinajstić information content (AvgIpc) is 3.23. The second-order valence-corrected chi connectivity index (χ2v) is 6.84. The number of carbonyl (C=O) groups excluding carboxylic acids is 1. The number of carbonyl (C=O) groups is 1. The summed E-state index contributed by atoms with van der Waals surface area (Å²) in [4.78, 5) is 18.7. The van der Waals surface area contributed by atoms with E-state index in [1.807, 2.05) is 23.1 Å². The van der Waals surface area contributed by atoms with Crippen molar-refractivity contribution < 1.29 is 14.3 Å². The first-order chi connectivity index (χ1) is 13.3. The van der Waals surface area contributed by atoms with Gasteiger partial charge in [-0.15, -0.1) is 0 Å². The molecule has 1 atom stereocenters. The number of nitrogens with zero attached hydrogens (tertiary/aromatic N) is 2. The third kappa shape index (κ3) is 5.68. The van der Waals surface area contributed by atoms with Gasteiger partial charge in [0.25, 0.3) is 0 Å². The Morgan fingerprint density at radius 2 is 2.26 bits per heavy atom. The smallest absolute Gasteiger partial charge is 0.246 e. The van der Waals surface area contributed by atoms with Crippen molar-refractivity contribution in [3.05, 3.63) is 29.8 Å². The third-order valence-corrected chi connectivity index (χ3v) is 4.90. The summed E-state index contributed by atoms with van der Waals surface area (Å²) < 4.78 is 11.0. The van der Waals surface area contributed by atoms with Crippen LogP contribution in [0.3, 0.4) is 0 Å². The van der Waals surface area contributed by atoms with Crippen LogP contribution in [0.25, 0.3) is 0 Å². The van der Waals surface area contributed by atoms with Crippen LogP contribution in [0.4, 0.5) is 5.69 Å². The molecule has 1 amide bonds. The molecule has 2 N–H and O–H groups in total. The van der Waals surface area contributed by atoms with E-state index in [-0.39, 0.29) is 18.6 Å². The molecule has 1 fully saturated rings. The van der Waals surface area contributed by atoms with Gasteiger partial charge in [0.2, 0.25) is 5.91 Å². The number of benzene rings is 1. The highest BCUT2D eigenvalue weighted by molar-refractivity contribution is 5.98. The van der Waals surface area contributed by atoms with Crippen molar-refractivity contribution in [2.75, 3.05) is 51.4 Å². The van der Waals surface area contributed by atoms with E-state index in [2.05, 4.69) is 21.7 Å². The number of guanidine groups is 1. The molecule has 0 bridgehead atoms. The molecule has 1 aromatic carbocycles. The number of aliphatic imine (C=N–C) groups is 1. The number of rotatable bonds is 7. The molecule has 7 nitrogen and oxygen atoms in total. The lowest BCUT2D eigenvalue weighted by molar-refractivity contribution is -0.117. The Morgan fingerprint density at radius 3 is 3.07 bits per heavy atom. The number of hydrogen-bond acceptors (Lipinski definition) is 4. The van der Waals surface area contributed by atoms with Crippen LogP contribution in [0.5, 0.6) is 0 Å². The summed E-state index contributed by atoms with van der Waals surface area (Å²) in [5.41, 5.74) is 2.28. The maximum Gasteiger partial charge on any atom is 0.246 e. The minimum atomic E-state index is 0.0645. The number of nitrogens with one attached hydrogen (secondary N) is 2. The van der Waals surface area contributed by atoms with Gasteiger partial charge < -0.3 is 25.0 Å². The zero-order valence-electron chi connectivity index (χ0n) is 16.1. The van der Waals surface area contributed by atoms with Gasteiger partial charge in [0, 0.05) is 39.0 Å². The summed E-state index contributed by atoms with van der Waals surface area (Å²) in [5.74, 6) is 0.701. The number of hydrogen-bond donors (Lipinski definition) is 2. The predicted molar refractivity (Wildman–Crippen MR) is 106 cm³/mol. The number of anilines is 1. The maximum absolute atomic E-state index is 12.7. The molecule has 0 spiro atoms. The second-order valence-electron chi connectivity index (χ2n) is 6.84. The molecule has 27 heavy (non-hydrogen) atoms. The van der Waals surface area contributed by atoms with E-state index in [4.69, 9.17) is 9.47 Å². The lowest BCUT2D eigenvalue weighted by Crippen LogP contribution is -2.46. The van der Waals surface area contributed by atoms with Crippen LogP contribution in [0.15, 0.2) is 29.3 Å². The Hall–Kier alpha value is -2.12. The normalized spacial score (nSPS) is 19.7. The lowest BCUT2D eigenvalue weighted by Gasteiger charge is -2.29. The molecule has 0 aliphatic carbocycles. The number of aryl methyl sites for hydroxylation is 1. The molecule has 2 aliphatic rings. The molecular weight excluding hydrogens is 344 g/mol. The highest BCUT2D eigenvalue weighted by atomic mass is 16.5. The van der Waals surface area contributed by atoms with Crippen molar-refractivity contribution >= 4 is 17.6 Å². The first-order valence-electron chi connectivity index (χ1n) is 9.80. The van der Waals surface area contributed by atoms with Crippen molar-refractivity contribution in [1.82, 2.24) is 10.6 Å². The first kappa shape index (κ1) is 19.6. The monoisotopic (exact) mass is 374 g/mol. The minimum Gasteiger partial charge on any atom is -0.379 e. The summed E-state index contributed by atoms with van der Waals surface area (Å²) in [6, 6.07) is 8.13. The number of fused-ring (bicyclic) bond motifs is 1. The molecule has 0 saturated carbocycles. The van der Waals surface area contributed by atoms with E-state index < -0.39 is 0 Å². The van der Waals surface area contributed by atoms with Crippen molar-refractivity contribution in [3.63, 3.8) is 0 Å². The predicted octanol–water partition coefficient (Wildman–Crippen LogP) is 1.33. The zero-order chi connectivity index (χ0) is 18.9. The highest BCUT2D eigenvalue weighted by Gasteiger charge is 2.22. The second kappa shape index (κ2) is 10.3. The molecule has 7 heteroatoms. The summed E-state index contributed by atoms with van der Waals surface area (Å²) in [7, 11) is 1.71. The van der Waals surface area contributed by atoms with E-state index in [1.54, 1.807) is 7.05 Å². The topological polar surface area (TPSA) is 75.2 Å². The Morgan fingerprint density at radius 1 is 1.37 bits per heavy atom. The van der Waals surface area contributed by atoms with Crippen LogP contribution in [0, 0.1) is 0 Å². The van der Waals surface area contributed by atoms with Gasteiger partial charge in [-0.2, -0.15) is 0 Å². The van der Waals surface area contributed by atoms with Crippen molar-refractivity contribution in [2.45, 2.75) is 31.8 Å². The van der Waals surface area contributed by atoms with E-state index in [0.29, 0.717) is 19.2 Å².